The average Bonchev–Trinajstić information content (AvgIpc) is 2.40. The summed E-state index contributed by atoms with van der Waals surface area (Å²) in [6.45, 7) is 4.11. The van der Waals surface area contributed by atoms with Gasteiger partial charge in [-0.15, -0.1) is 6.58 Å². The highest BCUT2D eigenvalue weighted by Gasteiger charge is 2.04. The second-order valence-corrected chi connectivity index (χ2v) is 4.28. The van der Waals surface area contributed by atoms with Gasteiger partial charge in [-0.05, 0) is 47.9 Å². The SMILES string of the molecule is C=CCc1cc(N)ccc1OCc1ccc(F)cc1. The largest absolute Gasteiger partial charge is 0.489 e. The summed E-state index contributed by atoms with van der Waals surface area (Å²) in [7, 11) is 0. The Morgan fingerprint density at radius 1 is 1.16 bits per heavy atom. The fourth-order valence-corrected chi connectivity index (χ4v) is 1.80. The molecule has 0 bridgehead atoms. The molecule has 0 saturated carbocycles. The monoisotopic (exact) mass is 257 g/mol. The van der Waals surface area contributed by atoms with E-state index in [1.54, 1.807) is 24.3 Å². The van der Waals surface area contributed by atoms with Gasteiger partial charge >= 0.3 is 0 Å². The van der Waals surface area contributed by atoms with Crippen LogP contribution in [0.2, 0.25) is 0 Å². The third kappa shape index (κ3) is 3.58. The summed E-state index contributed by atoms with van der Waals surface area (Å²) in [5.41, 5.74) is 8.37. The predicted molar refractivity (Wildman–Crippen MR) is 75.5 cm³/mol. The van der Waals surface area contributed by atoms with E-state index in [9.17, 15) is 4.39 Å². The number of ether oxygens (including phenoxy) is 1. The molecule has 2 aromatic rings. The van der Waals surface area contributed by atoms with Crippen molar-refractivity contribution in [1.82, 2.24) is 0 Å². The van der Waals surface area contributed by atoms with E-state index >= 15 is 0 Å². The number of benzene rings is 2. The number of anilines is 1. The molecule has 3 heteroatoms. The van der Waals surface area contributed by atoms with Crippen LogP contribution in [-0.4, -0.2) is 0 Å². The second-order valence-electron chi connectivity index (χ2n) is 4.28. The quantitative estimate of drug-likeness (QED) is 0.654. The predicted octanol–water partition coefficient (Wildman–Crippen LogP) is 3.72. The highest BCUT2D eigenvalue weighted by atomic mass is 19.1. The van der Waals surface area contributed by atoms with Crippen LogP contribution in [0.4, 0.5) is 10.1 Å². The van der Waals surface area contributed by atoms with Crippen molar-refractivity contribution in [2.24, 2.45) is 0 Å². The molecule has 98 valence electrons. The summed E-state index contributed by atoms with van der Waals surface area (Å²) >= 11 is 0. The first-order valence-corrected chi connectivity index (χ1v) is 6.05. The summed E-state index contributed by atoms with van der Waals surface area (Å²) in [6, 6.07) is 11.8. The molecule has 0 amide bonds. The molecular weight excluding hydrogens is 241 g/mol. The van der Waals surface area contributed by atoms with Crippen LogP contribution in [0.1, 0.15) is 11.1 Å². The minimum absolute atomic E-state index is 0.247. The van der Waals surface area contributed by atoms with Crippen molar-refractivity contribution in [1.29, 1.82) is 0 Å². The van der Waals surface area contributed by atoms with Crippen LogP contribution in [-0.2, 0) is 13.0 Å². The molecule has 0 aliphatic carbocycles. The van der Waals surface area contributed by atoms with Gasteiger partial charge in [0.25, 0.3) is 0 Å². The Labute approximate surface area is 112 Å². The zero-order chi connectivity index (χ0) is 13.7. The Morgan fingerprint density at radius 2 is 1.89 bits per heavy atom. The van der Waals surface area contributed by atoms with E-state index in [4.69, 9.17) is 10.5 Å². The Hall–Kier alpha value is -2.29. The molecule has 0 aliphatic heterocycles. The first kappa shape index (κ1) is 13.1. The van der Waals surface area contributed by atoms with E-state index in [1.807, 2.05) is 12.1 Å². The van der Waals surface area contributed by atoms with Crippen molar-refractivity contribution < 1.29 is 9.13 Å². The van der Waals surface area contributed by atoms with Gasteiger partial charge in [0.2, 0.25) is 0 Å². The highest BCUT2D eigenvalue weighted by molar-refractivity contribution is 5.48. The Bertz CT molecular complexity index is 563. The van der Waals surface area contributed by atoms with Gasteiger partial charge in [-0.2, -0.15) is 0 Å². The van der Waals surface area contributed by atoms with E-state index in [0.29, 0.717) is 18.7 Å². The number of halogens is 1. The van der Waals surface area contributed by atoms with Crippen LogP contribution < -0.4 is 10.5 Å². The first-order valence-electron chi connectivity index (χ1n) is 6.05. The third-order valence-corrected chi connectivity index (χ3v) is 2.76. The molecule has 0 aromatic heterocycles. The maximum Gasteiger partial charge on any atom is 0.123 e. The third-order valence-electron chi connectivity index (χ3n) is 2.76. The van der Waals surface area contributed by atoms with Crippen LogP contribution in [0.3, 0.4) is 0 Å². The lowest BCUT2D eigenvalue weighted by atomic mass is 10.1. The molecule has 2 N–H and O–H groups in total. The van der Waals surface area contributed by atoms with Gasteiger partial charge < -0.3 is 10.5 Å². The molecule has 0 heterocycles. The molecule has 19 heavy (non-hydrogen) atoms. The smallest absolute Gasteiger partial charge is 0.123 e. The summed E-state index contributed by atoms with van der Waals surface area (Å²) in [5, 5.41) is 0. The Balaban J connectivity index is 2.10. The zero-order valence-corrected chi connectivity index (χ0v) is 10.6. The van der Waals surface area contributed by atoms with Gasteiger partial charge in [0, 0.05) is 5.69 Å². The first-order chi connectivity index (χ1) is 9.19. The number of rotatable bonds is 5. The van der Waals surface area contributed by atoms with Crippen LogP contribution in [0, 0.1) is 5.82 Å². The van der Waals surface area contributed by atoms with Crippen molar-refractivity contribution in [2.75, 3.05) is 5.73 Å². The van der Waals surface area contributed by atoms with Crippen molar-refractivity contribution in [3.8, 4) is 5.75 Å². The van der Waals surface area contributed by atoms with E-state index in [-0.39, 0.29) is 5.82 Å². The molecule has 0 aliphatic rings. The molecular formula is C16H16FNO. The number of hydrogen-bond donors (Lipinski definition) is 1. The zero-order valence-electron chi connectivity index (χ0n) is 10.6. The minimum Gasteiger partial charge on any atom is -0.489 e. The molecule has 0 fully saturated rings. The minimum atomic E-state index is -0.247. The van der Waals surface area contributed by atoms with Crippen molar-refractivity contribution in [3.05, 3.63) is 72.1 Å². The fraction of sp³-hybridized carbons (Fsp3) is 0.125. The van der Waals surface area contributed by atoms with Crippen molar-refractivity contribution in [2.45, 2.75) is 13.0 Å². The second kappa shape index (κ2) is 6.05. The molecule has 0 saturated heterocycles. The lowest BCUT2D eigenvalue weighted by Gasteiger charge is -2.11. The fourth-order valence-electron chi connectivity index (χ4n) is 1.80. The highest BCUT2D eigenvalue weighted by Crippen LogP contribution is 2.23. The van der Waals surface area contributed by atoms with E-state index < -0.39 is 0 Å². The van der Waals surface area contributed by atoms with Crippen LogP contribution >= 0.6 is 0 Å². The van der Waals surface area contributed by atoms with Crippen LogP contribution in [0.25, 0.3) is 0 Å². The molecule has 0 spiro atoms. The maximum atomic E-state index is 12.8. The van der Waals surface area contributed by atoms with Gasteiger partial charge in [0.1, 0.15) is 18.2 Å². The van der Waals surface area contributed by atoms with Gasteiger partial charge in [0.05, 0.1) is 0 Å². The van der Waals surface area contributed by atoms with Gasteiger partial charge in [-0.1, -0.05) is 18.2 Å². The number of nitrogen functional groups attached to an aromatic ring is 1. The van der Waals surface area contributed by atoms with E-state index in [2.05, 4.69) is 6.58 Å². The summed E-state index contributed by atoms with van der Waals surface area (Å²) < 4.78 is 18.5. The van der Waals surface area contributed by atoms with Crippen molar-refractivity contribution >= 4 is 5.69 Å². The number of hydrogen-bond acceptors (Lipinski definition) is 2. The molecule has 0 radical (unpaired) electrons. The number of nitrogens with two attached hydrogens (primary N) is 1. The van der Waals surface area contributed by atoms with Crippen LogP contribution in [0.15, 0.2) is 55.1 Å². The summed E-state index contributed by atoms with van der Waals surface area (Å²) in [6.07, 6.45) is 2.50. The molecule has 2 rings (SSSR count). The topological polar surface area (TPSA) is 35.2 Å². The Kier molecular flexibility index (Phi) is 4.18. The molecule has 0 unspecified atom stereocenters. The van der Waals surface area contributed by atoms with Gasteiger partial charge in [0.15, 0.2) is 0 Å². The van der Waals surface area contributed by atoms with Gasteiger partial charge in [-0.3, -0.25) is 0 Å². The lowest BCUT2D eigenvalue weighted by Crippen LogP contribution is -1.99. The van der Waals surface area contributed by atoms with Crippen molar-refractivity contribution in [3.63, 3.8) is 0 Å². The van der Waals surface area contributed by atoms with E-state index in [0.717, 1.165) is 16.9 Å². The van der Waals surface area contributed by atoms with Crippen LogP contribution in [0.5, 0.6) is 5.75 Å². The molecule has 2 aromatic carbocycles. The molecule has 2 nitrogen and oxygen atoms in total. The summed E-state index contributed by atoms with van der Waals surface area (Å²) in [5.74, 6) is 0.530. The Morgan fingerprint density at radius 3 is 2.58 bits per heavy atom. The average molecular weight is 257 g/mol. The molecule has 0 atom stereocenters. The van der Waals surface area contributed by atoms with E-state index in [1.165, 1.54) is 12.1 Å². The maximum absolute atomic E-state index is 12.8. The standard InChI is InChI=1S/C16H16FNO/c1-2-3-13-10-15(18)8-9-16(13)19-11-12-4-6-14(17)7-5-12/h2,4-10H,1,3,11,18H2. The van der Waals surface area contributed by atoms with Gasteiger partial charge in [-0.25, -0.2) is 4.39 Å². The lowest BCUT2D eigenvalue weighted by molar-refractivity contribution is 0.303. The summed E-state index contributed by atoms with van der Waals surface area (Å²) in [4.78, 5) is 0. The normalized spacial score (nSPS) is 10.2. The number of allylic oxidation sites excluding steroid dienone is 1.